The van der Waals surface area contributed by atoms with Gasteiger partial charge in [-0.25, -0.2) is 5.84 Å². The molecule has 16 heavy (non-hydrogen) atoms. The van der Waals surface area contributed by atoms with Gasteiger partial charge in [0.05, 0.1) is 0 Å². The van der Waals surface area contributed by atoms with Crippen LogP contribution in [0, 0.1) is 6.92 Å². The third-order valence-corrected chi connectivity index (χ3v) is 2.92. The van der Waals surface area contributed by atoms with E-state index in [9.17, 15) is 4.79 Å². The quantitative estimate of drug-likeness (QED) is 0.502. The lowest BCUT2D eigenvalue weighted by atomic mass is 9.99. The molecular weight excluding hydrogens is 270 g/mol. The first-order chi connectivity index (χ1) is 7.41. The van der Waals surface area contributed by atoms with Gasteiger partial charge in [-0.15, -0.1) is 0 Å². The highest BCUT2D eigenvalue weighted by Crippen LogP contribution is 2.23. The summed E-state index contributed by atoms with van der Waals surface area (Å²) in [5.74, 6) is 5.18. The summed E-state index contributed by atoms with van der Waals surface area (Å²) in [5.41, 5.74) is 8.01. The molecule has 1 unspecified atom stereocenters. The standard InChI is InChI=1S/C11H16BrN3O/c1-7-3-4-8(12)5-9(7)10(13)6-11(16)15(2)14/h3-5,10H,6,13-14H2,1-2H3. The Morgan fingerprint density at radius 3 is 2.75 bits per heavy atom. The number of carbonyl (C=O) groups is 1. The molecule has 4 nitrogen and oxygen atoms in total. The van der Waals surface area contributed by atoms with Crippen molar-refractivity contribution in [3.05, 3.63) is 33.8 Å². The summed E-state index contributed by atoms with van der Waals surface area (Å²) in [6.45, 7) is 1.97. The van der Waals surface area contributed by atoms with Gasteiger partial charge in [-0.3, -0.25) is 9.80 Å². The highest BCUT2D eigenvalue weighted by atomic mass is 79.9. The smallest absolute Gasteiger partial charge is 0.238 e. The van der Waals surface area contributed by atoms with E-state index in [0.29, 0.717) is 0 Å². The molecule has 1 aromatic carbocycles. The molecule has 0 heterocycles. The summed E-state index contributed by atoms with van der Waals surface area (Å²) >= 11 is 3.38. The van der Waals surface area contributed by atoms with Crippen LogP contribution in [0.4, 0.5) is 0 Å². The van der Waals surface area contributed by atoms with E-state index in [1.54, 1.807) is 0 Å². The van der Waals surface area contributed by atoms with Gasteiger partial charge in [0.15, 0.2) is 0 Å². The number of rotatable bonds is 3. The summed E-state index contributed by atoms with van der Waals surface area (Å²) in [4.78, 5) is 11.4. The molecule has 4 N–H and O–H groups in total. The number of benzene rings is 1. The number of nitrogens with zero attached hydrogens (tertiary/aromatic N) is 1. The fraction of sp³-hybridized carbons (Fsp3) is 0.364. The van der Waals surface area contributed by atoms with Crippen LogP contribution >= 0.6 is 15.9 Å². The van der Waals surface area contributed by atoms with Gasteiger partial charge in [-0.2, -0.15) is 0 Å². The van der Waals surface area contributed by atoms with E-state index in [2.05, 4.69) is 15.9 Å². The second kappa shape index (κ2) is 5.43. The number of halogens is 1. The molecule has 0 saturated carbocycles. The maximum absolute atomic E-state index is 11.4. The third-order valence-electron chi connectivity index (χ3n) is 2.43. The van der Waals surface area contributed by atoms with Crippen molar-refractivity contribution in [2.24, 2.45) is 11.6 Å². The van der Waals surface area contributed by atoms with Crippen molar-refractivity contribution in [3.63, 3.8) is 0 Å². The molecule has 0 fully saturated rings. The molecule has 0 aliphatic carbocycles. The summed E-state index contributed by atoms with van der Waals surface area (Å²) in [5, 5.41) is 1.06. The van der Waals surface area contributed by atoms with Gasteiger partial charge in [0.25, 0.3) is 0 Å². The fourth-order valence-corrected chi connectivity index (χ4v) is 1.83. The largest absolute Gasteiger partial charge is 0.324 e. The molecule has 1 aromatic rings. The minimum absolute atomic E-state index is 0.174. The zero-order valence-corrected chi connectivity index (χ0v) is 11.0. The molecule has 0 bridgehead atoms. The number of nitrogens with two attached hydrogens (primary N) is 2. The van der Waals surface area contributed by atoms with Gasteiger partial charge in [-0.05, 0) is 30.2 Å². The molecular formula is C11H16BrN3O. The van der Waals surface area contributed by atoms with Gasteiger partial charge in [0, 0.05) is 24.0 Å². The van der Waals surface area contributed by atoms with E-state index < -0.39 is 0 Å². The van der Waals surface area contributed by atoms with Crippen LogP contribution in [0.2, 0.25) is 0 Å². The van der Waals surface area contributed by atoms with Crippen LogP contribution in [0.25, 0.3) is 0 Å². The second-order valence-electron chi connectivity index (χ2n) is 3.82. The molecule has 0 aliphatic heterocycles. The second-order valence-corrected chi connectivity index (χ2v) is 4.73. The summed E-state index contributed by atoms with van der Waals surface area (Å²) in [6.07, 6.45) is 0.213. The topological polar surface area (TPSA) is 72.4 Å². The number of hydrogen-bond acceptors (Lipinski definition) is 3. The van der Waals surface area contributed by atoms with E-state index in [1.807, 2.05) is 25.1 Å². The summed E-state index contributed by atoms with van der Waals surface area (Å²) < 4.78 is 0.956. The van der Waals surface area contributed by atoms with Crippen molar-refractivity contribution in [3.8, 4) is 0 Å². The Morgan fingerprint density at radius 2 is 2.19 bits per heavy atom. The first kappa shape index (κ1) is 13.2. The van der Waals surface area contributed by atoms with Crippen LogP contribution in [0.5, 0.6) is 0 Å². The van der Waals surface area contributed by atoms with E-state index in [4.69, 9.17) is 11.6 Å². The Kier molecular flexibility index (Phi) is 4.46. The Balaban J connectivity index is 2.84. The Hall–Kier alpha value is -0.910. The predicted molar refractivity (Wildman–Crippen MR) is 67.4 cm³/mol. The highest BCUT2D eigenvalue weighted by Gasteiger charge is 2.15. The minimum atomic E-state index is -0.323. The van der Waals surface area contributed by atoms with E-state index in [1.165, 1.54) is 7.05 Å². The molecule has 1 atom stereocenters. The zero-order chi connectivity index (χ0) is 12.3. The molecule has 1 amide bonds. The number of amides is 1. The molecule has 0 aromatic heterocycles. The van der Waals surface area contributed by atoms with Crippen molar-refractivity contribution >= 4 is 21.8 Å². The average molecular weight is 286 g/mol. The molecule has 0 aliphatic rings. The predicted octanol–water partition coefficient (Wildman–Crippen LogP) is 1.48. The van der Waals surface area contributed by atoms with Crippen molar-refractivity contribution < 1.29 is 4.79 Å². The normalized spacial score (nSPS) is 12.3. The Morgan fingerprint density at radius 1 is 1.56 bits per heavy atom. The van der Waals surface area contributed by atoms with Crippen LogP contribution in [0.3, 0.4) is 0 Å². The fourth-order valence-electron chi connectivity index (χ4n) is 1.45. The monoisotopic (exact) mass is 285 g/mol. The Bertz CT molecular complexity index is 393. The molecule has 0 saturated heterocycles. The van der Waals surface area contributed by atoms with Gasteiger partial charge in [0.1, 0.15) is 0 Å². The van der Waals surface area contributed by atoms with Crippen molar-refractivity contribution in [1.29, 1.82) is 0 Å². The number of hydrogen-bond donors (Lipinski definition) is 2. The maximum Gasteiger partial charge on any atom is 0.238 e. The highest BCUT2D eigenvalue weighted by molar-refractivity contribution is 9.10. The Labute approximate surface area is 104 Å². The van der Waals surface area contributed by atoms with Crippen LogP contribution < -0.4 is 11.6 Å². The number of carbonyl (C=O) groups excluding carboxylic acids is 1. The van der Waals surface area contributed by atoms with Crippen LogP contribution in [-0.2, 0) is 4.79 Å². The maximum atomic E-state index is 11.4. The summed E-state index contributed by atoms with van der Waals surface area (Å²) in [6, 6.07) is 5.53. The average Bonchev–Trinajstić information content (AvgIpc) is 2.21. The lowest BCUT2D eigenvalue weighted by Crippen LogP contribution is -2.35. The molecule has 1 rings (SSSR count). The van der Waals surface area contributed by atoms with Crippen molar-refractivity contribution in [2.45, 2.75) is 19.4 Å². The zero-order valence-electron chi connectivity index (χ0n) is 9.40. The van der Waals surface area contributed by atoms with Gasteiger partial charge < -0.3 is 5.73 Å². The number of aryl methyl sites for hydroxylation is 1. The van der Waals surface area contributed by atoms with Crippen LogP contribution in [0.15, 0.2) is 22.7 Å². The first-order valence-electron chi connectivity index (χ1n) is 4.94. The van der Waals surface area contributed by atoms with Crippen LogP contribution in [-0.4, -0.2) is 18.0 Å². The van der Waals surface area contributed by atoms with E-state index in [-0.39, 0.29) is 18.4 Å². The van der Waals surface area contributed by atoms with Crippen molar-refractivity contribution in [2.75, 3.05) is 7.05 Å². The number of hydrazine groups is 1. The lowest BCUT2D eigenvalue weighted by Gasteiger charge is -2.17. The van der Waals surface area contributed by atoms with E-state index in [0.717, 1.165) is 20.6 Å². The SMILES string of the molecule is Cc1ccc(Br)cc1C(N)CC(=O)N(C)N. The minimum Gasteiger partial charge on any atom is -0.324 e. The first-order valence-corrected chi connectivity index (χ1v) is 5.74. The van der Waals surface area contributed by atoms with Gasteiger partial charge >= 0.3 is 0 Å². The summed E-state index contributed by atoms with van der Waals surface area (Å²) in [7, 11) is 1.52. The molecule has 5 heteroatoms. The lowest BCUT2D eigenvalue weighted by molar-refractivity contribution is -0.130. The van der Waals surface area contributed by atoms with E-state index >= 15 is 0 Å². The molecule has 88 valence electrons. The van der Waals surface area contributed by atoms with Crippen LogP contribution in [0.1, 0.15) is 23.6 Å². The van der Waals surface area contributed by atoms with Crippen molar-refractivity contribution in [1.82, 2.24) is 5.01 Å². The van der Waals surface area contributed by atoms with Gasteiger partial charge in [-0.1, -0.05) is 22.0 Å². The molecule has 0 radical (unpaired) electrons. The van der Waals surface area contributed by atoms with Gasteiger partial charge in [0.2, 0.25) is 5.91 Å². The third kappa shape index (κ3) is 3.30. The molecule has 0 spiro atoms.